The molecule has 2 aliphatic rings. The van der Waals surface area contributed by atoms with Gasteiger partial charge in [0.2, 0.25) is 11.9 Å². The molecule has 3 heterocycles. The number of anilines is 1. The molecule has 7 heteroatoms. The Morgan fingerprint density at radius 1 is 1.22 bits per heavy atom. The van der Waals surface area contributed by atoms with Crippen LogP contribution >= 0.6 is 0 Å². The molecule has 1 aromatic heterocycles. The number of nitrogens with zero attached hydrogens (tertiary/aromatic N) is 4. The zero-order valence-corrected chi connectivity index (χ0v) is 15.4. The molecule has 4 rings (SSSR count). The molecule has 2 saturated heterocycles. The first-order valence-electron chi connectivity index (χ1n) is 9.25. The third-order valence-electron chi connectivity index (χ3n) is 5.63. The molecule has 0 bridgehead atoms. The number of hydrogen-bond acceptors (Lipinski definition) is 5. The lowest BCUT2D eigenvalue weighted by molar-refractivity contribution is -0.145. The van der Waals surface area contributed by atoms with Crippen LogP contribution in [0.3, 0.4) is 0 Å². The summed E-state index contributed by atoms with van der Waals surface area (Å²) in [6.07, 6.45) is 5.98. The average Bonchev–Trinajstić information content (AvgIpc) is 3.13. The van der Waals surface area contributed by atoms with Crippen LogP contribution in [0.2, 0.25) is 0 Å². The highest BCUT2D eigenvalue weighted by molar-refractivity contribution is 5.85. The maximum Gasteiger partial charge on any atom is 0.230 e. The van der Waals surface area contributed by atoms with Crippen molar-refractivity contribution < 1.29 is 13.9 Å². The highest BCUT2D eigenvalue weighted by atomic mass is 19.1. The summed E-state index contributed by atoms with van der Waals surface area (Å²) in [4.78, 5) is 25.8. The Labute approximate surface area is 158 Å². The van der Waals surface area contributed by atoms with Crippen LogP contribution in [0.15, 0.2) is 36.7 Å². The quantitative estimate of drug-likeness (QED) is 0.828. The number of benzene rings is 1. The lowest BCUT2D eigenvalue weighted by Crippen LogP contribution is -2.49. The first kappa shape index (κ1) is 17.7. The summed E-state index contributed by atoms with van der Waals surface area (Å²) >= 11 is 0. The Kier molecular flexibility index (Phi) is 4.68. The van der Waals surface area contributed by atoms with E-state index in [0.29, 0.717) is 30.4 Å². The second-order valence-electron chi connectivity index (χ2n) is 7.29. The highest BCUT2D eigenvalue weighted by Gasteiger charge is 2.48. The SMILES string of the molecule is COc1ccc(F)c(CN2CCCC3(CCN(c4ncccn4)C3)C2=O)c1. The predicted octanol–water partition coefficient (Wildman–Crippen LogP) is 2.64. The van der Waals surface area contributed by atoms with Crippen molar-refractivity contribution in [2.24, 2.45) is 5.41 Å². The summed E-state index contributed by atoms with van der Waals surface area (Å²) in [6, 6.07) is 6.43. The normalized spacial score (nSPS) is 22.5. The van der Waals surface area contributed by atoms with E-state index in [0.717, 1.165) is 25.8 Å². The molecule has 1 atom stereocenters. The fraction of sp³-hybridized carbons (Fsp3) is 0.450. The van der Waals surface area contributed by atoms with Crippen molar-refractivity contribution in [2.45, 2.75) is 25.8 Å². The van der Waals surface area contributed by atoms with E-state index in [4.69, 9.17) is 4.74 Å². The van der Waals surface area contributed by atoms with Gasteiger partial charge >= 0.3 is 0 Å². The summed E-state index contributed by atoms with van der Waals surface area (Å²) in [5.74, 6) is 1.06. The van der Waals surface area contributed by atoms with Gasteiger partial charge < -0.3 is 14.5 Å². The molecule has 0 radical (unpaired) electrons. The Morgan fingerprint density at radius 2 is 2.04 bits per heavy atom. The standard InChI is InChI=1S/C20H23FN4O2/c1-27-16-4-5-17(21)15(12-16)13-24-10-2-6-20(18(24)26)7-11-25(14-20)19-22-8-3-9-23-19/h3-5,8-9,12H,2,6-7,10-11,13-14H2,1H3. The smallest absolute Gasteiger partial charge is 0.230 e. The monoisotopic (exact) mass is 370 g/mol. The third kappa shape index (κ3) is 3.34. The number of aromatic nitrogens is 2. The van der Waals surface area contributed by atoms with Gasteiger partial charge in [0.05, 0.1) is 12.5 Å². The Balaban J connectivity index is 1.52. The summed E-state index contributed by atoms with van der Waals surface area (Å²) in [5.41, 5.74) is 0.0632. The molecular formula is C20H23FN4O2. The van der Waals surface area contributed by atoms with Crippen molar-refractivity contribution in [3.8, 4) is 5.75 Å². The zero-order valence-electron chi connectivity index (χ0n) is 15.4. The molecule has 1 unspecified atom stereocenters. The van der Waals surface area contributed by atoms with Gasteiger partial charge in [-0.25, -0.2) is 14.4 Å². The molecule has 2 aromatic rings. The van der Waals surface area contributed by atoms with Crippen LogP contribution in [-0.2, 0) is 11.3 Å². The maximum absolute atomic E-state index is 14.2. The molecule has 1 aromatic carbocycles. The molecule has 6 nitrogen and oxygen atoms in total. The van der Waals surface area contributed by atoms with E-state index in [2.05, 4.69) is 14.9 Å². The summed E-state index contributed by atoms with van der Waals surface area (Å²) < 4.78 is 19.4. The van der Waals surface area contributed by atoms with Crippen LogP contribution < -0.4 is 9.64 Å². The lowest BCUT2D eigenvalue weighted by Gasteiger charge is -2.39. The zero-order chi connectivity index (χ0) is 18.9. The fourth-order valence-electron chi connectivity index (χ4n) is 4.18. The number of carbonyl (C=O) groups is 1. The number of halogens is 1. The van der Waals surface area contributed by atoms with Crippen molar-refractivity contribution in [1.29, 1.82) is 0 Å². The topological polar surface area (TPSA) is 58.6 Å². The van der Waals surface area contributed by atoms with Crippen molar-refractivity contribution in [1.82, 2.24) is 14.9 Å². The van der Waals surface area contributed by atoms with Gasteiger partial charge in [-0.1, -0.05) is 0 Å². The molecule has 0 aliphatic carbocycles. The number of amides is 1. The van der Waals surface area contributed by atoms with Crippen molar-refractivity contribution in [2.75, 3.05) is 31.6 Å². The minimum Gasteiger partial charge on any atom is -0.497 e. The molecule has 2 aliphatic heterocycles. The van der Waals surface area contributed by atoms with Crippen molar-refractivity contribution >= 4 is 11.9 Å². The van der Waals surface area contributed by atoms with E-state index in [-0.39, 0.29) is 18.3 Å². The van der Waals surface area contributed by atoms with E-state index < -0.39 is 5.41 Å². The minimum atomic E-state index is -0.424. The van der Waals surface area contributed by atoms with E-state index >= 15 is 0 Å². The number of carbonyl (C=O) groups excluding carboxylic acids is 1. The highest BCUT2D eigenvalue weighted by Crippen LogP contribution is 2.41. The van der Waals surface area contributed by atoms with Crippen LogP contribution in [0.25, 0.3) is 0 Å². The second kappa shape index (κ2) is 7.13. The second-order valence-corrected chi connectivity index (χ2v) is 7.29. The van der Waals surface area contributed by atoms with Crippen molar-refractivity contribution in [3.63, 3.8) is 0 Å². The lowest BCUT2D eigenvalue weighted by atomic mass is 9.78. The number of ether oxygens (including phenoxy) is 1. The number of hydrogen-bond donors (Lipinski definition) is 0. The number of rotatable bonds is 4. The Morgan fingerprint density at radius 3 is 2.81 bits per heavy atom. The van der Waals surface area contributed by atoms with Gasteiger partial charge in [0.15, 0.2) is 0 Å². The molecule has 0 saturated carbocycles. The van der Waals surface area contributed by atoms with Crippen LogP contribution in [0.1, 0.15) is 24.8 Å². The molecule has 27 heavy (non-hydrogen) atoms. The van der Waals surface area contributed by atoms with Gasteiger partial charge in [-0.15, -0.1) is 0 Å². The summed E-state index contributed by atoms with van der Waals surface area (Å²) in [7, 11) is 1.55. The van der Waals surface area contributed by atoms with E-state index in [1.165, 1.54) is 6.07 Å². The van der Waals surface area contributed by atoms with Gasteiger partial charge in [-0.05, 0) is 43.5 Å². The van der Waals surface area contributed by atoms with E-state index in [1.54, 1.807) is 42.6 Å². The van der Waals surface area contributed by atoms with Gasteiger partial charge in [-0.3, -0.25) is 4.79 Å². The number of piperidine rings is 1. The maximum atomic E-state index is 14.2. The minimum absolute atomic E-state index is 0.106. The van der Waals surface area contributed by atoms with Gasteiger partial charge in [0, 0.05) is 44.1 Å². The Bertz CT molecular complexity index is 832. The molecule has 0 N–H and O–H groups in total. The predicted molar refractivity (Wildman–Crippen MR) is 98.9 cm³/mol. The fourth-order valence-corrected chi connectivity index (χ4v) is 4.18. The van der Waals surface area contributed by atoms with E-state index in [9.17, 15) is 9.18 Å². The Hall–Kier alpha value is -2.70. The first-order valence-corrected chi connectivity index (χ1v) is 9.25. The van der Waals surface area contributed by atoms with Crippen molar-refractivity contribution in [3.05, 3.63) is 48.0 Å². The van der Waals surface area contributed by atoms with Crippen LogP contribution in [0.4, 0.5) is 10.3 Å². The largest absolute Gasteiger partial charge is 0.497 e. The van der Waals surface area contributed by atoms with Gasteiger partial charge in [-0.2, -0.15) is 0 Å². The summed E-state index contributed by atoms with van der Waals surface area (Å²) in [6.45, 7) is 2.30. The average molecular weight is 370 g/mol. The third-order valence-corrected chi connectivity index (χ3v) is 5.63. The molecule has 2 fully saturated rings. The molecular weight excluding hydrogens is 347 g/mol. The molecule has 142 valence electrons. The van der Waals surface area contributed by atoms with Gasteiger partial charge in [0.25, 0.3) is 0 Å². The summed E-state index contributed by atoms with van der Waals surface area (Å²) in [5, 5.41) is 0. The van der Waals surface area contributed by atoms with Crippen LogP contribution in [0.5, 0.6) is 5.75 Å². The molecule has 1 amide bonds. The van der Waals surface area contributed by atoms with Gasteiger partial charge in [0.1, 0.15) is 11.6 Å². The van der Waals surface area contributed by atoms with E-state index in [1.807, 2.05) is 0 Å². The first-order chi connectivity index (χ1) is 13.1. The molecule has 1 spiro atoms. The van der Waals surface area contributed by atoms with Crippen LogP contribution in [-0.4, -0.2) is 47.5 Å². The number of likely N-dealkylation sites (tertiary alicyclic amines) is 1. The van der Waals surface area contributed by atoms with Crippen LogP contribution in [0, 0.1) is 11.2 Å². The number of methoxy groups -OCH3 is 1.